The molecule has 3 atom stereocenters. The molecule has 5 N–H and O–H groups in total. The quantitative estimate of drug-likeness (QED) is 0.203. The molecule has 2 saturated carbocycles. The highest BCUT2D eigenvalue weighted by Crippen LogP contribution is 2.36. The number of aromatic nitrogens is 3. The van der Waals surface area contributed by atoms with Gasteiger partial charge in [-0.3, -0.25) is 24.0 Å². The zero-order chi connectivity index (χ0) is 38.8. The van der Waals surface area contributed by atoms with E-state index in [1.165, 1.54) is 40.0 Å². The van der Waals surface area contributed by atoms with Crippen LogP contribution in [0.3, 0.4) is 0 Å². The van der Waals surface area contributed by atoms with E-state index in [2.05, 4.69) is 20.9 Å². The Labute approximate surface area is 319 Å². The molecule has 1 aromatic heterocycles. The number of hydrogen-bond acceptors (Lipinski definition) is 11. The third-order valence-corrected chi connectivity index (χ3v) is 14.2. The van der Waals surface area contributed by atoms with Crippen molar-refractivity contribution in [3.8, 4) is 0 Å². The zero-order valence-corrected chi connectivity index (χ0v) is 32.5. The third kappa shape index (κ3) is 8.99. The van der Waals surface area contributed by atoms with Gasteiger partial charge in [0.1, 0.15) is 23.2 Å². The van der Waals surface area contributed by atoms with Crippen LogP contribution in [-0.2, 0) is 34.6 Å². The average Bonchev–Trinajstić information content (AvgIpc) is 3.59. The fourth-order valence-corrected chi connectivity index (χ4v) is 10.9. The molecule has 3 heterocycles. The van der Waals surface area contributed by atoms with Crippen LogP contribution in [0.4, 0.5) is 0 Å². The maximum Gasteiger partial charge on any atom is 0.287 e. The first-order valence-corrected chi connectivity index (χ1v) is 21.7. The summed E-state index contributed by atoms with van der Waals surface area (Å²) >= 11 is 1.59. The highest BCUT2D eigenvalue weighted by molar-refractivity contribution is 7.99. The van der Waals surface area contributed by atoms with E-state index >= 15 is 0 Å². The van der Waals surface area contributed by atoms with Gasteiger partial charge < -0.3 is 26.4 Å². The number of benzene rings is 1. The second kappa shape index (κ2) is 16.1. The summed E-state index contributed by atoms with van der Waals surface area (Å²) in [6, 6.07) is 2.96. The summed E-state index contributed by atoms with van der Waals surface area (Å²) in [5.41, 5.74) is 3.16. The standard InChI is InChI=1S/C37H51N7O8S2/c1-36(2,50)30-20-39-42-44(30)26-19-29(34(48)41-37(31(45)32(38)46)14-16-53-17-15-37)43(21-26)35(49)28(18-23-6-4-3-5-7-23)40-33(47)25-10-12-27(13-11-25)54(51,52)22-24-8-9-24/h10-13,20,23-24,26,28-29,50H,3-9,14-19,21-22H2,1-2H3,(H2,38,46)(H,40,47)(H,41,48)/t26-,28?,29-/m0/s1. The van der Waals surface area contributed by atoms with Crippen LogP contribution in [0.15, 0.2) is 35.4 Å². The molecular weight excluding hydrogens is 735 g/mol. The van der Waals surface area contributed by atoms with Gasteiger partial charge in [-0.25, -0.2) is 13.1 Å². The molecule has 294 valence electrons. The number of thioether (sulfide) groups is 1. The predicted octanol–water partition coefficient (Wildman–Crippen LogP) is 2.04. The number of nitrogens with one attached hydrogen (secondary N) is 2. The molecule has 0 radical (unpaired) electrons. The number of sulfone groups is 1. The van der Waals surface area contributed by atoms with Crippen molar-refractivity contribution >= 4 is 51.0 Å². The first-order valence-electron chi connectivity index (χ1n) is 18.9. The van der Waals surface area contributed by atoms with Crippen molar-refractivity contribution in [2.45, 2.75) is 119 Å². The monoisotopic (exact) mass is 785 g/mol. The molecule has 1 aromatic carbocycles. The lowest BCUT2D eigenvalue weighted by molar-refractivity contribution is -0.145. The number of rotatable bonds is 14. The molecule has 0 spiro atoms. The van der Waals surface area contributed by atoms with Gasteiger partial charge in [0.15, 0.2) is 9.84 Å². The van der Waals surface area contributed by atoms with Crippen LogP contribution in [0.2, 0.25) is 0 Å². The highest BCUT2D eigenvalue weighted by Gasteiger charge is 2.49. The fraction of sp³-hybridized carbons (Fsp3) is 0.649. The lowest BCUT2D eigenvalue weighted by Crippen LogP contribution is -2.63. The van der Waals surface area contributed by atoms with Crippen LogP contribution in [0.5, 0.6) is 0 Å². The lowest BCUT2D eigenvalue weighted by atomic mass is 9.84. The maximum atomic E-state index is 14.8. The Morgan fingerprint density at radius 1 is 1.02 bits per heavy atom. The number of nitrogens with zero attached hydrogens (tertiary/aromatic N) is 4. The number of likely N-dealkylation sites (tertiary alicyclic amines) is 1. The van der Waals surface area contributed by atoms with Crippen molar-refractivity contribution in [3.63, 3.8) is 0 Å². The molecule has 2 aromatic rings. The van der Waals surface area contributed by atoms with E-state index < -0.39 is 68.5 Å². The van der Waals surface area contributed by atoms with E-state index in [1.54, 1.807) is 25.6 Å². The van der Waals surface area contributed by atoms with Crippen LogP contribution in [-0.4, -0.2) is 104 Å². The summed E-state index contributed by atoms with van der Waals surface area (Å²) in [4.78, 5) is 69.9. The number of nitrogens with two attached hydrogens (primary N) is 1. The Bertz CT molecular complexity index is 1840. The molecule has 4 amide bonds. The largest absolute Gasteiger partial charge is 0.384 e. The first-order chi connectivity index (χ1) is 25.6. The molecule has 4 aliphatic rings. The summed E-state index contributed by atoms with van der Waals surface area (Å²) < 4.78 is 27.2. The van der Waals surface area contributed by atoms with Gasteiger partial charge in [-0.2, -0.15) is 11.8 Å². The number of carbonyl (C=O) groups is 5. The average molecular weight is 786 g/mol. The predicted molar refractivity (Wildman–Crippen MR) is 200 cm³/mol. The van der Waals surface area contributed by atoms with Gasteiger partial charge >= 0.3 is 0 Å². The van der Waals surface area contributed by atoms with Crippen molar-refractivity contribution in [2.75, 3.05) is 23.8 Å². The minimum Gasteiger partial charge on any atom is -0.384 e. The molecule has 1 unspecified atom stereocenters. The number of ketones is 1. The second-order valence-electron chi connectivity index (χ2n) is 15.9. The normalized spacial score (nSPS) is 22.7. The molecule has 4 fully saturated rings. The van der Waals surface area contributed by atoms with Gasteiger partial charge in [-0.05, 0) is 93.6 Å². The van der Waals surface area contributed by atoms with Crippen LogP contribution in [0.25, 0.3) is 0 Å². The van der Waals surface area contributed by atoms with Gasteiger partial charge in [-0.1, -0.05) is 37.3 Å². The molecule has 15 nitrogen and oxygen atoms in total. The van der Waals surface area contributed by atoms with E-state index in [1.807, 2.05) is 0 Å². The first kappa shape index (κ1) is 39.9. The Balaban J connectivity index is 1.30. The second-order valence-corrected chi connectivity index (χ2v) is 19.2. The molecule has 6 rings (SSSR count). The summed E-state index contributed by atoms with van der Waals surface area (Å²) in [5.74, 6) is -2.31. The number of hydrogen-bond donors (Lipinski definition) is 4. The Morgan fingerprint density at radius 3 is 2.30 bits per heavy atom. The molecule has 17 heteroatoms. The molecule has 2 aliphatic carbocycles. The van der Waals surface area contributed by atoms with Crippen LogP contribution < -0.4 is 16.4 Å². The number of Topliss-reactive ketones (excluding diaryl/α,β-unsaturated/α-hetero) is 1. The van der Waals surface area contributed by atoms with E-state index in [9.17, 15) is 37.5 Å². The molecule has 54 heavy (non-hydrogen) atoms. The maximum absolute atomic E-state index is 14.8. The zero-order valence-electron chi connectivity index (χ0n) is 30.9. The summed E-state index contributed by atoms with van der Waals surface area (Å²) in [6.45, 7) is 3.14. The van der Waals surface area contributed by atoms with Crippen LogP contribution in [0, 0.1) is 11.8 Å². The van der Waals surface area contributed by atoms with Crippen LogP contribution in [0.1, 0.15) is 107 Å². The van der Waals surface area contributed by atoms with Crippen molar-refractivity contribution in [1.29, 1.82) is 0 Å². The molecule has 2 saturated heterocycles. The Hall–Kier alpha value is -3.83. The summed E-state index contributed by atoms with van der Waals surface area (Å²) in [6.07, 6.45) is 8.81. The van der Waals surface area contributed by atoms with Crippen molar-refractivity contribution in [2.24, 2.45) is 17.6 Å². The van der Waals surface area contributed by atoms with Gasteiger partial charge in [0, 0.05) is 18.5 Å². The number of primary amides is 1. The van der Waals surface area contributed by atoms with Gasteiger partial charge in [0.25, 0.3) is 11.8 Å². The lowest BCUT2D eigenvalue weighted by Gasteiger charge is -2.37. The van der Waals surface area contributed by atoms with Gasteiger partial charge in [-0.15, -0.1) is 5.10 Å². The summed E-state index contributed by atoms with van der Waals surface area (Å²) in [7, 11) is -3.49. The van der Waals surface area contributed by atoms with E-state index in [4.69, 9.17) is 5.73 Å². The van der Waals surface area contributed by atoms with Gasteiger partial charge in [0.05, 0.1) is 28.6 Å². The minimum absolute atomic E-state index is 0.0133. The van der Waals surface area contributed by atoms with E-state index in [0.717, 1.165) is 44.9 Å². The summed E-state index contributed by atoms with van der Waals surface area (Å²) in [5, 5.41) is 24.9. The number of carbonyl (C=O) groups excluding carboxylic acids is 5. The van der Waals surface area contributed by atoms with E-state index in [0.29, 0.717) is 23.6 Å². The SMILES string of the molecule is CC(C)(O)c1cnnn1[C@H]1C[C@@H](C(=O)NC2(C(=O)C(N)=O)CCSCC2)N(C(=O)C(CC2CCCCC2)NC(=O)c2ccc(S(=O)(=O)CC3CC3)cc2)C1. The molecule has 2 aliphatic heterocycles. The van der Waals surface area contributed by atoms with Crippen molar-refractivity contribution < 1.29 is 37.5 Å². The van der Waals surface area contributed by atoms with Gasteiger partial charge in [0.2, 0.25) is 17.6 Å². The fourth-order valence-electron chi connectivity index (χ4n) is 8.04. The Morgan fingerprint density at radius 2 is 1.69 bits per heavy atom. The Kier molecular flexibility index (Phi) is 11.9. The molecular formula is C37H51N7O8S2. The highest BCUT2D eigenvalue weighted by atomic mass is 32.2. The van der Waals surface area contributed by atoms with Crippen molar-refractivity contribution in [1.82, 2.24) is 30.5 Å². The van der Waals surface area contributed by atoms with Crippen molar-refractivity contribution in [3.05, 3.63) is 41.7 Å². The van der Waals surface area contributed by atoms with E-state index in [-0.39, 0.29) is 53.9 Å². The molecule has 0 bridgehead atoms. The third-order valence-electron chi connectivity index (χ3n) is 11.3. The minimum atomic E-state index is -3.49. The smallest absolute Gasteiger partial charge is 0.287 e. The number of amides is 4. The number of aliphatic hydroxyl groups is 1. The topological polar surface area (TPSA) is 224 Å². The van der Waals surface area contributed by atoms with Crippen LogP contribution >= 0.6 is 11.8 Å².